The molecule has 1 aliphatic carbocycles. The van der Waals surface area contributed by atoms with Gasteiger partial charge >= 0.3 is 0 Å². The molecule has 158 valence electrons. The third kappa shape index (κ3) is 3.65. The number of aromatic nitrogens is 2. The molecule has 0 bridgehead atoms. The summed E-state index contributed by atoms with van der Waals surface area (Å²) >= 11 is 1.86. The van der Waals surface area contributed by atoms with Crippen molar-refractivity contribution in [3.8, 4) is 5.75 Å². The molecule has 3 heterocycles. The number of ether oxygens (including phenoxy) is 1. The number of halogens is 1. The summed E-state index contributed by atoms with van der Waals surface area (Å²) in [6.07, 6.45) is 5.30. The number of hydrogen-bond donors (Lipinski definition) is 1. The Hall–Kier alpha value is -2.25. The van der Waals surface area contributed by atoms with Gasteiger partial charge in [0.1, 0.15) is 35.1 Å². The second-order valence-electron chi connectivity index (χ2n) is 8.60. The van der Waals surface area contributed by atoms with Gasteiger partial charge in [-0.1, -0.05) is 6.92 Å². The Labute approximate surface area is 180 Å². The Morgan fingerprint density at radius 1 is 1.27 bits per heavy atom. The Kier molecular flexibility index (Phi) is 5.33. The molecule has 0 radical (unpaired) electrons. The van der Waals surface area contributed by atoms with Gasteiger partial charge < -0.3 is 14.5 Å². The highest BCUT2D eigenvalue weighted by Crippen LogP contribution is 2.40. The number of anilines is 1. The minimum absolute atomic E-state index is 0.205. The minimum Gasteiger partial charge on any atom is -0.496 e. The fourth-order valence-electron chi connectivity index (χ4n) is 4.87. The smallest absolute Gasteiger partial charge is 0.141 e. The highest BCUT2D eigenvalue weighted by Gasteiger charge is 2.28. The summed E-state index contributed by atoms with van der Waals surface area (Å²) in [5.74, 6) is 2.39. The average molecular weight is 428 g/mol. The van der Waals surface area contributed by atoms with Crippen molar-refractivity contribution in [2.24, 2.45) is 5.92 Å². The molecule has 1 aromatic carbocycles. The number of hydrogen-bond acceptors (Lipinski definition) is 5. The third-order valence-electron chi connectivity index (χ3n) is 6.52. The monoisotopic (exact) mass is 427 g/mol. The van der Waals surface area contributed by atoms with Gasteiger partial charge in [-0.05, 0) is 48.9 Å². The lowest BCUT2D eigenvalue weighted by molar-refractivity contribution is -0.914. The van der Waals surface area contributed by atoms with Crippen molar-refractivity contribution in [2.45, 2.75) is 32.7 Å². The summed E-state index contributed by atoms with van der Waals surface area (Å²) < 4.78 is 19.1. The summed E-state index contributed by atoms with van der Waals surface area (Å²) in [6, 6.07) is 4.78. The highest BCUT2D eigenvalue weighted by atomic mass is 32.1. The van der Waals surface area contributed by atoms with Crippen LogP contribution in [0.1, 0.15) is 29.3 Å². The van der Waals surface area contributed by atoms with Gasteiger partial charge in [-0.2, -0.15) is 0 Å². The topological polar surface area (TPSA) is 42.7 Å². The molecule has 5 rings (SSSR count). The first kappa shape index (κ1) is 19.7. The summed E-state index contributed by atoms with van der Waals surface area (Å²) in [5, 5.41) is 1.29. The van der Waals surface area contributed by atoms with Crippen molar-refractivity contribution in [3.05, 3.63) is 46.3 Å². The van der Waals surface area contributed by atoms with Crippen LogP contribution in [0.5, 0.6) is 5.75 Å². The number of methoxy groups -OCH3 is 1. The molecule has 30 heavy (non-hydrogen) atoms. The minimum atomic E-state index is -0.205. The number of quaternary nitrogens is 1. The van der Waals surface area contributed by atoms with E-state index in [1.165, 1.54) is 39.6 Å². The number of nitrogens with zero attached hydrogens (tertiary/aromatic N) is 3. The molecule has 1 N–H and O–H groups in total. The summed E-state index contributed by atoms with van der Waals surface area (Å²) in [5.41, 5.74) is 2.43. The number of piperazine rings is 1. The predicted octanol–water partition coefficient (Wildman–Crippen LogP) is 2.87. The van der Waals surface area contributed by atoms with E-state index < -0.39 is 0 Å². The van der Waals surface area contributed by atoms with E-state index in [-0.39, 0.29) is 5.82 Å². The van der Waals surface area contributed by atoms with Gasteiger partial charge in [-0.15, -0.1) is 11.3 Å². The van der Waals surface area contributed by atoms with Gasteiger partial charge in [0.25, 0.3) is 0 Å². The molecule has 2 aliphatic rings. The first-order valence-corrected chi connectivity index (χ1v) is 11.6. The Balaban J connectivity index is 1.35. The third-order valence-corrected chi connectivity index (χ3v) is 7.72. The molecule has 1 atom stereocenters. The lowest BCUT2D eigenvalue weighted by Crippen LogP contribution is -3.13. The van der Waals surface area contributed by atoms with Crippen LogP contribution in [-0.4, -0.2) is 43.3 Å². The maximum atomic E-state index is 13.7. The maximum Gasteiger partial charge on any atom is 0.141 e. The number of nitrogens with one attached hydrogen (secondary N) is 1. The first-order valence-electron chi connectivity index (χ1n) is 10.8. The van der Waals surface area contributed by atoms with Gasteiger partial charge in [0.05, 0.1) is 44.2 Å². The van der Waals surface area contributed by atoms with Gasteiger partial charge in [0.15, 0.2) is 0 Å². The Bertz CT molecular complexity index is 1060. The van der Waals surface area contributed by atoms with Gasteiger partial charge in [0.2, 0.25) is 0 Å². The van der Waals surface area contributed by atoms with Crippen LogP contribution in [-0.2, 0) is 19.4 Å². The van der Waals surface area contributed by atoms with Gasteiger partial charge in [-0.3, -0.25) is 0 Å². The predicted molar refractivity (Wildman–Crippen MR) is 118 cm³/mol. The van der Waals surface area contributed by atoms with Crippen LogP contribution in [0, 0.1) is 11.7 Å². The second-order valence-corrected chi connectivity index (χ2v) is 9.68. The molecular formula is C23H28FN4OS+. The van der Waals surface area contributed by atoms with Crippen molar-refractivity contribution in [3.63, 3.8) is 0 Å². The number of thiophene rings is 1. The largest absolute Gasteiger partial charge is 0.496 e. The fourth-order valence-corrected chi connectivity index (χ4v) is 6.05. The van der Waals surface area contributed by atoms with E-state index in [9.17, 15) is 4.39 Å². The maximum absolute atomic E-state index is 13.7. The first-order chi connectivity index (χ1) is 14.6. The van der Waals surface area contributed by atoms with Crippen LogP contribution in [0.25, 0.3) is 10.2 Å². The van der Waals surface area contributed by atoms with Crippen LogP contribution in [0.3, 0.4) is 0 Å². The normalized spacial score (nSPS) is 19.8. The molecule has 0 unspecified atom stereocenters. The molecule has 0 saturated carbocycles. The van der Waals surface area contributed by atoms with Crippen LogP contribution in [0.15, 0.2) is 24.5 Å². The van der Waals surface area contributed by atoms with E-state index in [2.05, 4.69) is 16.8 Å². The van der Waals surface area contributed by atoms with Crippen molar-refractivity contribution in [2.75, 3.05) is 38.2 Å². The van der Waals surface area contributed by atoms with E-state index in [4.69, 9.17) is 9.72 Å². The van der Waals surface area contributed by atoms with Crippen molar-refractivity contribution >= 4 is 27.4 Å². The lowest BCUT2D eigenvalue weighted by atomic mass is 9.88. The molecule has 0 spiro atoms. The molecule has 3 aromatic rings. The van der Waals surface area contributed by atoms with E-state index in [0.29, 0.717) is 0 Å². The number of rotatable bonds is 4. The van der Waals surface area contributed by atoms with Crippen molar-refractivity contribution < 1.29 is 14.0 Å². The zero-order chi connectivity index (χ0) is 20.7. The van der Waals surface area contributed by atoms with E-state index >= 15 is 0 Å². The molecule has 1 fully saturated rings. The molecular weight excluding hydrogens is 399 g/mol. The summed E-state index contributed by atoms with van der Waals surface area (Å²) in [6.45, 7) is 7.00. The van der Waals surface area contributed by atoms with Crippen LogP contribution < -0.4 is 14.5 Å². The molecule has 2 aromatic heterocycles. The zero-order valence-corrected chi connectivity index (χ0v) is 18.4. The average Bonchev–Trinajstić information content (AvgIpc) is 3.12. The van der Waals surface area contributed by atoms with Crippen LogP contribution in [0.2, 0.25) is 0 Å². The zero-order valence-electron chi connectivity index (χ0n) is 17.6. The van der Waals surface area contributed by atoms with Crippen molar-refractivity contribution in [1.82, 2.24) is 9.97 Å². The molecule has 1 aliphatic heterocycles. The van der Waals surface area contributed by atoms with Crippen molar-refractivity contribution in [1.29, 1.82) is 0 Å². The second kappa shape index (κ2) is 8.12. The quantitative estimate of drug-likeness (QED) is 0.695. The fraction of sp³-hybridized carbons (Fsp3) is 0.478. The summed E-state index contributed by atoms with van der Waals surface area (Å²) in [7, 11) is 1.65. The lowest BCUT2D eigenvalue weighted by Gasteiger charge is -2.33. The van der Waals surface area contributed by atoms with E-state index in [1.807, 2.05) is 11.3 Å². The highest BCUT2D eigenvalue weighted by molar-refractivity contribution is 7.19. The molecule has 5 nitrogen and oxygen atoms in total. The summed E-state index contributed by atoms with van der Waals surface area (Å²) in [4.78, 5) is 15.8. The number of fused-ring (bicyclic) bond motifs is 3. The van der Waals surface area contributed by atoms with E-state index in [1.54, 1.807) is 25.6 Å². The van der Waals surface area contributed by atoms with Crippen LogP contribution >= 0.6 is 11.3 Å². The van der Waals surface area contributed by atoms with Gasteiger partial charge in [0, 0.05) is 4.88 Å². The number of benzene rings is 1. The number of aryl methyl sites for hydroxylation is 1. The Morgan fingerprint density at radius 3 is 2.90 bits per heavy atom. The molecule has 0 amide bonds. The SMILES string of the molecule is COc1ccc(F)cc1C[NH+]1CCN(c2ncnc3sc4c(c23)C[C@@H](C)CC4)CC1. The molecule has 1 saturated heterocycles. The molecule has 7 heteroatoms. The van der Waals surface area contributed by atoms with Gasteiger partial charge in [-0.25, -0.2) is 14.4 Å². The Morgan fingerprint density at radius 2 is 2.10 bits per heavy atom. The standard InChI is InChI=1S/C23H27FN4OS/c1-15-3-6-20-18(11-15)21-22(25-14-26-23(21)30-20)28-9-7-27(8-10-28)13-16-12-17(24)4-5-19(16)29-2/h4-5,12,14-15H,3,6-11,13H2,1-2H3/p+1/t15-/m0/s1. The van der Waals surface area contributed by atoms with Crippen LogP contribution in [0.4, 0.5) is 10.2 Å². The van der Waals surface area contributed by atoms with E-state index in [0.717, 1.165) is 67.0 Å².